The molecule has 0 radical (unpaired) electrons. The summed E-state index contributed by atoms with van der Waals surface area (Å²) in [6, 6.07) is 0. The van der Waals surface area contributed by atoms with Gasteiger partial charge in [-0.25, -0.2) is 0 Å². The summed E-state index contributed by atoms with van der Waals surface area (Å²) in [6.07, 6.45) is 15.6. The highest BCUT2D eigenvalue weighted by molar-refractivity contribution is 5.58. The fourth-order valence-electron chi connectivity index (χ4n) is 3.57. The first-order chi connectivity index (χ1) is 11.5. The molecule has 0 unspecified atom stereocenters. The van der Waals surface area contributed by atoms with Gasteiger partial charge >= 0.3 is 0 Å². The SMILES string of the molecule is CC=N/C(C)=C(C(=C\CCC)/CC1CCCCC1)\C(N)=C(/C)CC. The highest BCUT2D eigenvalue weighted by Gasteiger charge is 2.20. The molecule has 0 heterocycles. The molecule has 1 aliphatic rings. The van der Waals surface area contributed by atoms with E-state index in [1.165, 1.54) is 55.2 Å². The number of hydrogen-bond donors (Lipinski definition) is 1. The number of rotatable bonds is 8. The zero-order chi connectivity index (χ0) is 17.9. The molecule has 0 aromatic carbocycles. The molecule has 2 heteroatoms. The van der Waals surface area contributed by atoms with E-state index in [2.05, 4.69) is 38.8 Å². The maximum Gasteiger partial charge on any atom is 0.0464 e. The van der Waals surface area contributed by atoms with Gasteiger partial charge in [0.15, 0.2) is 0 Å². The van der Waals surface area contributed by atoms with Gasteiger partial charge in [-0.05, 0) is 57.1 Å². The summed E-state index contributed by atoms with van der Waals surface area (Å²) in [4.78, 5) is 4.58. The van der Waals surface area contributed by atoms with Crippen LogP contribution in [0.3, 0.4) is 0 Å². The van der Waals surface area contributed by atoms with E-state index in [0.717, 1.165) is 36.6 Å². The van der Waals surface area contributed by atoms with Gasteiger partial charge in [0.2, 0.25) is 0 Å². The molecule has 0 aliphatic heterocycles. The van der Waals surface area contributed by atoms with Gasteiger partial charge in [0.25, 0.3) is 0 Å². The van der Waals surface area contributed by atoms with Crippen LogP contribution < -0.4 is 5.73 Å². The van der Waals surface area contributed by atoms with Crippen molar-refractivity contribution in [2.24, 2.45) is 16.6 Å². The van der Waals surface area contributed by atoms with E-state index in [9.17, 15) is 0 Å². The van der Waals surface area contributed by atoms with Gasteiger partial charge in [-0.3, -0.25) is 4.99 Å². The minimum Gasteiger partial charge on any atom is -0.398 e. The first kappa shape index (κ1) is 20.7. The molecule has 1 saturated carbocycles. The second-order valence-electron chi connectivity index (χ2n) is 7.12. The normalized spacial score (nSPS) is 19.5. The van der Waals surface area contributed by atoms with E-state index in [1.54, 1.807) is 0 Å². The average molecular weight is 331 g/mol. The lowest BCUT2D eigenvalue weighted by molar-refractivity contribution is 0.356. The quantitative estimate of drug-likeness (QED) is 0.390. The van der Waals surface area contributed by atoms with E-state index in [-0.39, 0.29) is 0 Å². The zero-order valence-corrected chi connectivity index (χ0v) is 16.6. The summed E-state index contributed by atoms with van der Waals surface area (Å²) < 4.78 is 0. The smallest absolute Gasteiger partial charge is 0.0464 e. The Labute approximate surface area is 150 Å². The molecule has 0 atom stereocenters. The monoisotopic (exact) mass is 330 g/mol. The van der Waals surface area contributed by atoms with Crippen LogP contribution in [-0.4, -0.2) is 6.21 Å². The van der Waals surface area contributed by atoms with Crippen molar-refractivity contribution in [3.05, 3.63) is 34.2 Å². The van der Waals surface area contributed by atoms with Crippen molar-refractivity contribution in [2.75, 3.05) is 0 Å². The van der Waals surface area contributed by atoms with Crippen LogP contribution in [0, 0.1) is 5.92 Å². The number of hydrogen-bond acceptors (Lipinski definition) is 2. The highest BCUT2D eigenvalue weighted by atomic mass is 14.7. The fraction of sp³-hybridized carbons (Fsp3) is 0.682. The number of nitrogens with zero attached hydrogens (tertiary/aromatic N) is 1. The summed E-state index contributed by atoms with van der Waals surface area (Å²) in [6.45, 7) is 10.6. The molecule has 1 rings (SSSR count). The van der Waals surface area contributed by atoms with Crippen LogP contribution >= 0.6 is 0 Å². The van der Waals surface area contributed by atoms with E-state index >= 15 is 0 Å². The second-order valence-corrected chi connectivity index (χ2v) is 7.12. The largest absolute Gasteiger partial charge is 0.398 e. The van der Waals surface area contributed by atoms with Gasteiger partial charge in [-0.15, -0.1) is 0 Å². The van der Waals surface area contributed by atoms with Crippen LogP contribution in [0.2, 0.25) is 0 Å². The van der Waals surface area contributed by atoms with Gasteiger partial charge < -0.3 is 5.73 Å². The van der Waals surface area contributed by atoms with Gasteiger partial charge in [0, 0.05) is 23.2 Å². The number of aliphatic imine (C=N–C) groups is 1. The lowest BCUT2D eigenvalue weighted by Crippen LogP contribution is -2.13. The van der Waals surface area contributed by atoms with Gasteiger partial charge in [-0.1, -0.05) is 58.4 Å². The Balaban J connectivity index is 3.26. The van der Waals surface area contributed by atoms with E-state index < -0.39 is 0 Å². The molecule has 1 fully saturated rings. The van der Waals surface area contributed by atoms with E-state index in [1.807, 2.05) is 13.1 Å². The van der Waals surface area contributed by atoms with Gasteiger partial charge in [-0.2, -0.15) is 0 Å². The predicted molar refractivity (Wildman–Crippen MR) is 108 cm³/mol. The maximum atomic E-state index is 6.59. The Morgan fingerprint density at radius 2 is 1.79 bits per heavy atom. The Bertz CT molecular complexity index is 500. The molecular formula is C22H38N2. The van der Waals surface area contributed by atoms with Crippen molar-refractivity contribution in [3.63, 3.8) is 0 Å². The molecule has 0 amide bonds. The number of allylic oxidation sites excluding steroid dienone is 4. The Morgan fingerprint density at radius 3 is 2.33 bits per heavy atom. The van der Waals surface area contributed by atoms with Gasteiger partial charge in [0.05, 0.1) is 0 Å². The van der Waals surface area contributed by atoms with E-state index in [4.69, 9.17) is 5.73 Å². The molecule has 0 aromatic rings. The minimum atomic E-state index is 0.810. The first-order valence-electron chi connectivity index (χ1n) is 9.89. The highest BCUT2D eigenvalue weighted by Crippen LogP contribution is 2.35. The van der Waals surface area contributed by atoms with Crippen LogP contribution in [0.4, 0.5) is 0 Å². The van der Waals surface area contributed by atoms with Crippen molar-refractivity contribution < 1.29 is 0 Å². The maximum absolute atomic E-state index is 6.59. The van der Waals surface area contributed by atoms with Crippen LogP contribution in [-0.2, 0) is 0 Å². The Kier molecular flexibility index (Phi) is 9.75. The summed E-state index contributed by atoms with van der Waals surface area (Å²) in [5.74, 6) is 0.810. The van der Waals surface area contributed by atoms with Crippen LogP contribution in [0.15, 0.2) is 39.2 Å². The summed E-state index contributed by atoms with van der Waals surface area (Å²) in [7, 11) is 0. The Hall–Kier alpha value is -1.31. The first-order valence-corrected chi connectivity index (χ1v) is 9.89. The number of unbranched alkanes of at least 4 members (excludes halogenated alkanes) is 1. The van der Waals surface area contributed by atoms with Crippen molar-refractivity contribution >= 4 is 6.21 Å². The second kappa shape index (κ2) is 11.3. The van der Waals surface area contributed by atoms with Crippen molar-refractivity contribution in [2.45, 2.75) is 92.4 Å². The molecular weight excluding hydrogens is 292 g/mol. The molecule has 0 aromatic heterocycles. The summed E-state index contributed by atoms with van der Waals surface area (Å²) in [5, 5.41) is 0. The molecule has 0 saturated heterocycles. The lowest BCUT2D eigenvalue weighted by Gasteiger charge is -2.25. The predicted octanol–water partition coefficient (Wildman–Crippen LogP) is 6.69. The lowest BCUT2D eigenvalue weighted by atomic mass is 9.81. The number of nitrogens with two attached hydrogens (primary N) is 1. The zero-order valence-electron chi connectivity index (χ0n) is 16.6. The van der Waals surface area contributed by atoms with Gasteiger partial charge in [0.1, 0.15) is 0 Å². The average Bonchev–Trinajstić information content (AvgIpc) is 2.59. The standard InChI is InChI=1S/C22H38N2/c1-6-9-15-20(16-19-13-11-10-12-14-19)21(18(5)24-8-3)22(23)17(4)7-2/h8,15,19H,6-7,9-14,16,23H2,1-5H3/b20-15-,21-18-,22-17-,24-8?. The van der Waals surface area contributed by atoms with Crippen LogP contribution in [0.25, 0.3) is 0 Å². The van der Waals surface area contributed by atoms with Crippen molar-refractivity contribution in [1.29, 1.82) is 0 Å². The summed E-state index contributed by atoms with van der Waals surface area (Å²) in [5.41, 5.74) is 12.5. The van der Waals surface area contributed by atoms with Crippen LogP contribution in [0.5, 0.6) is 0 Å². The van der Waals surface area contributed by atoms with Crippen molar-refractivity contribution in [1.82, 2.24) is 0 Å². The van der Waals surface area contributed by atoms with Crippen LogP contribution in [0.1, 0.15) is 92.4 Å². The minimum absolute atomic E-state index is 0.810. The molecule has 24 heavy (non-hydrogen) atoms. The summed E-state index contributed by atoms with van der Waals surface area (Å²) >= 11 is 0. The van der Waals surface area contributed by atoms with Crippen molar-refractivity contribution in [3.8, 4) is 0 Å². The Morgan fingerprint density at radius 1 is 1.12 bits per heavy atom. The molecule has 0 bridgehead atoms. The third-order valence-electron chi connectivity index (χ3n) is 5.18. The topological polar surface area (TPSA) is 38.4 Å². The fourth-order valence-corrected chi connectivity index (χ4v) is 3.57. The van der Waals surface area contributed by atoms with E-state index in [0.29, 0.717) is 0 Å². The molecule has 0 spiro atoms. The third kappa shape index (κ3) is 6.30. The molecule has 2 N–H and O–H groups in total. The molecule has 136 valence electrons. The molecule has 1 aliphatic carbocycles. The third-order valence-corrected chi connectivity index (χ3v) is 5.18. The molecule has 2 nitrogen and oxygen atoms in total.